The highest BCUT2D eigenvalue weighted by Gasteiger charge is 2.23. The maximum atomic E-state index is 9.88. The van der Waals surface area contributed by atoms with Crippen molar-refractivity contribution in [1.82, 2.24) is 19.4 Å². The third-order valence-electron chi connectivity index (χ3n) is 3.54. The average molecular weight is 313 g/mol. The Morgan fingerprint density at radius 3 is 2.52 bits per heavy atom. The maximum Gasteiger partial charge on any atom is 0.134 e. The molecule has 6 nitrogen and oxygen atoms in total. The summed E-state index contributed by atoms with van der Waals surface area (Å²) >= 11 is 1.44. The highest BCUT2D eigenvalue weighted by molar-refractivity contribution is 7.10. The molecule has 1 aliphatic heterocycles. The first kappa shape index (κ1) is 16.6. The van der Waals surface area contributed by atoms with E-state index in [0.717, 1.165) is 62.9 Å². The number of nitrogens with one attached hydrogen (secondary N) is 1. The molecular formula is C14H27N5OS. The van der Waals surface area contributed by atoms with E-state index in [0.29, 0.717) is 0 Å². The van der Waals surface area contributed by atoms with Crippen molar-refractivity contribution in [3.63, 3.8) is 0 Å². The van der Waals surface area contributed by atoms with Crippen molar-refractivity contribution in [2.24, 2.45) is 0 Å². The number of hydrogen-bond donors (Lipinski definition) is 2. The van der Waals surface area contributed by atoms with Gasteiger partial charge in [0, 0.05) is 57.3 Å². The van der Waals surface area contributed by atoms with Gasteiger partial charge in [0.2, 0.25) is 0 Å². The van der Waals surface area contributed by atoms with Gasteiger partial charge in [-0.05, 0) is 20.3 Å². The number of rotatable bonds is 7. The lowest BCUT2D eigenvalue weighted by Crippen LogP contribution is -2.50. The molecule has 0 bridgehead atoms. The van der Waals surface area contributed by atoms with E-state index in [-0.39, 0.29) is 0 Å². The van der Waals surface area contributed by atoms with Gasteiger partial charge in [-0.15, -0.1) is 5.10 Å². The lowest BCUT2D eigenvalue weighted by molar-refractivity contribution is 0.0165. The minimum absolute atomic E-state index is 0.613. The number of piperazine rings is 1. The van der Waals surface area contributed by atoms with E-state index < -0.39 is 5.60 Å². The molecule has 7 heteroatoms. The molecule has 2 N–H and O–H groups in total. The zero-order chi connectivity index (χ0) is 15.3. The number of hydrogen-bond acceptors (Lipinski definition) is 7. The second-order valence-corrected chi connectivity index (χ2v) is 7.09. The third kappa shape index (κ3) is 5.50. The molecule has 1 fully saturated rings. The van der Waals surface area contributed by atoms with Gasteiger partial charge in [0.15, 0.2) is 0 Å². The molecule has 0 aliphatic carbocycles. The Morgan fingerprint density at radius 1 is 1.24 bits per heavy atom. The Morgan fingerprint density at radius 2 is 1.90 bits per heavy atom. The molecule has 2 rings (SSSR count). The summed E-state index contributed by atoms with van der Waals surface area (Å²) in [6.45, 7) is 12.5. The summed E-state index contributed by atoms with van der Waals surface area (Å²) in [6.07, 6.45) is 1.10. The van der Waals surface area contributed by atoms with Crippen molar-refractivity contribution >= 4 is 16.5 Å². The van der Waals surface area contributed by atoms with Crippen LogP contribution in [0.3, 0.4) is 0 Å². The second-order valence-electron chi connectivity index (χ2n) is 6.34. The summed E-state index contributed by atoms with van der Waals surface area (Å²) in [4.78, 5) is 4.74. The van der Waals surface area contributed by atoms with E-state index in [2.05, 4.69) is 31.6 Å². The number of β-amino-alcohol motifs (C(OH)–C–C–N with tert-alkyl or cyclic N) is 1. The summed E-state index contributed by atoms with van der Waals surface area (Å²) < 4.78 is 4.06. The minimum atomic E-state index is -0.613. The van der Waals surface area contributed by atoms with Gasteiger partial charge in [-0.2, -0.15) is 0 Å². The molecule has 2 heterocycles. The maximum absolute atomic E-state index is 9.88. The number of aromatic nitrogens is 2. The Bertz CT molecular complexity index is 423. The highest BCUT2D eigenvalue weighted by atomic mass is 32.1. The lowest BCUT2D eigenvalue weighted by Gasteiger charge is -2.37. The summed E-state index contributed by atoms with van der Waals surface area (Å²) in [6, 6.07) is 0. The SMILES string of the molecule is CCCNc1snnc1CN1CCN(CC(C)(C)O)CC1. The molecule has 1 saturated heterocycles. The number of anilines is 1. The Labute approximate surface area is 131 Å². The second kappa shape index (κ2) is 7.49. The van der Waals surface area contributed by atoms with Crippen molar-refractivity contribution < 1.29 is 5.11 Å². The van der Waals surface area contributed by atoms with Crippen molar-refractivity contribution in [3.8, 4) is 0 Å². The predicted octanol–water partition coefficient (Wildman–Crippen LogP) is 1.25. The lowest BCUT2D eigenvalue weighted by atomic mass is 10.1. The molecule has 1 aromatic rings. The molecule has 1 aromatic heterocycles. The largest absolute Gasteiger partial charge is 0.389 e. The van der Waals surface area contributed by atoms with Gasteiger partial charge < -0.3 is 10.4 Å². The van der Waals surface area contributed by atoms with Crippen LogP contribution in [0.25, 0.3) is 0 Å². The summed E-state index contributed by atoms with van der Waals surface area (Å²) in [5.74, 6) is 0. The molecule has 0 aromatic carbocycles. The normalized spacial score (nSPS) is 18.1. The van der Waals surface area contributed by atoms with Gasteiger partial charge in [0.25, 0.3) is 0 Å². The zero-order valence-electron chi connectivity index (χ0n) is 13.3. The first-order valence-electron chi connectivity index (χ1n) is 7.70. The Hall–Kier alpha value is -0.760. The first-order chi connectivity index (χ1) is 9.98. The Balaban J connectivity index is 1.79. The first-order valence-corrected chi connectivity index (χ1v) is 8.47. The zero-order valence-corrected chi connectivity index (χ0v) is 14.1. The summed E-state index contributed by atoms with van der Waals surface area (Å²) in [5.41, 5.74) is 0.447. The van der Waals surface area contributed by atoms with Gasteiger partial charge in [-0.1, -0.05) is 11.4 Å². The van der Waals surface area contributed by atoms with Crippen LogP contribution < -0.4 is 5.32 Å². The van der Waals surface area contributed by atoms with Crippen LogP contribution in [0, 0.1) is 0 Å². The van der Waals surface area contributed by atoms with Crippen LogP contribution in [-0.4, -0.2) is 69.4 Å². The van der Waals surface area contributed by atoms with E-state index in [1.807, 2.05) is 13.8 Å². The molecule has 120 valence electrons. The van der Waals surface area contributed by atoms with E-state index in [4.69, 9.17) is 0 Å². The van der Waals surface area contributed by atoms with Crippen molar-refractivity contribution in [2.45, 2.75) is 39.3 Å². The molecule has 0 saturated carbocycles. The van der Waals surface area contributed by atoms with Crippen LogP contribution in [-0.2, 0) is 6.54 Å². The van der Waals surface area contributed by atoms with Crippen LogP contribution in [0.15, 0.2) is 0 Å². The van der Waals surface area contributed by atoms with E-state index in [9.17, 15) is 5.11 Å². The fourth-order valence-electron chi connectivity index (χ4n) is 2.55. The number of aliphatic hydroxyl groups is 1. The fraction of sp³-hybridized carbons (Fsp3) is 0.857. The molecule has 0 unspecified atom stereocenters. The van der Waals surface area contributed by atoms with Crippen LogP contribution >= 0.6 is 11.5 Å². The highest BCUT2D eigenvalue weighted by Crippen LogP contribution is 2.20. The quantitative estimate of drug-likeness (QED) is 0.790. The van der Waals surface area contributed by atoms with Crippen molar-refractivity contribution in [1.29, 1.82) is 0 Å². The third-order valence-corrected chi connectivity index (χ3v) is 4.27. The van der Waals surface area contributed by atoms with Gasteiger partial charge in [0.05, 0.1) is 5.60 Å². The molecule has 0 atom stereocenters. The Kier molecular flexibility index (Phi) is 5.92. The predicted molar refractivity (Wildman–Crippen MR) is 86.7 cm³/mol. The van der Waals surface area contributed by atoms with Gasteiger partial charge >= 0.3 is 0 Å². The monoisotopic (exact) mass is 313 g/mol. The standard InChI is InChI=1S/C14H27N5OS/c1-4-5-15-13-12(16-17-21-13)10-18-6-8-19(9-7-18)11-14(2,3)20/h15,20H,4-11H2,1-3H3. The fourth-order valence-corrected chi connectivity index (χ4v) is 3.15. The summed E-state index contributed by atoms with van der Waals surface area (Å²) in [5, 5.41) is 18.6. The van der Waals surface area contributed by atoms with E-state index in [1.165, 1.54) is 11.5 Å². The number of nitrogens with zero attached hydrogens (tertiary/aromatic N) is 4. The van der Waals surface area contributed by atoms with E-state index in [1.54, 1.807) is 0 Å². The van der Waals surface area contributed by atoms with Gasteiger partial charge in [-0.3, -0.25) is 9.80 Å². The molecule has 21 heavy (non-hydrogen) atoms. The smallest absolute Gasteiger partial charge is 0.134 e. The molecule has 0 radical (unpaired) electrons. The molecule has 1 aliphatic rings. The van der Waals surface area contributed by atoms with Crippen LogP contribution in [0.5, 0.6) is 0 Å². The van der Waals surface area contributed by atoms with E-state index >= 15 is 0 Å². The average Bonchev–Trinajstić information content (AvgIpc) is 2.84. The topological polar surface area (TPSA) is 64.5 Å². The van der Waals surface area contributed by atoms with Crippen LogP contribution in [0.1, 0.15) is 32.9 Å². The molecule has 0 spiro atoms. The minimum Gasteiger partial charge on any atom is -0.389 e. The van der Waals surface area contributed by atoms with Crippen LogP contribution in [0.2, 0.25) is 0 Å². The van der Waals surface area contributed by atoms with Crippen molar-refractivity contribution in [3.05, 3.63) is 5.69 Å². The molecule has 0 amide bonds. The van der Waals surface area contributed by atoms with Gasteiger partial charge in [-0.25, -0.2) is 0 Å². The molecular weight excluding hydrogens is 286 g/mol. The van der Waals surface area contributed by atoms with Crippen molar-refractivity contribution in [2.75, 3.05) is 44.6 Å². The van der Waals surface area contributed by atoms with Gasteiger partial charge in [0.1, 0.15) is 10.7 Å². The summed E-state index contributed by atoms with van der Waals surface area (Å²) in [7, 11) is 0. The van der Waals surface area contributed by atoms with Crippen LogP contribution in [0.4, 0.5) is 5.00 Å².